The summed E-state index contributed by atoms with van der Waals surface area (Å²) in [6, 6.07) is 0. The van der Waals surface area contributed by atoms with Crippen molar-refractivity contribution in [2.24, 2.45) is 0 Å². The van der Waals surface area contributed by atoms with E-state index in [1.807, 2.05) is 0 Å². The summed E-state index contributed by atoms with van der Waals surface area (Å²) in [7, 11) is 0. The lowest BCUT2D eigenvalue weighted by Gasteiger charge is -1.97. The van der Waals surface area contributed by atoms with Gasteiger partial charge in [0.15, 0.2) is 0 Å². The van der Waals surface area contributed by atoms with Crippen LogP contribution in [0.4, 0.5) is 8.78 Å². The molecule has 0 heterocycles. The summed E-state index contributed by atoms with van der Waals surface area (Å²) < 4.78 is 23.1. The van der Waals surface area contributed by atoms with Crippen molar-refractivity contribution >= 4 is 16.8 Å². The van der Waals surface area contributed by atoms with Crippen LogP contribution in [0.2, 0.25) is 0 Å². The zero-order valence-electron chi connectivity index (χ0n) is 8.07. The Kier molecular flexibility index (Phi) is 8.84. The van der Waals surface area contributed by atoms with Crippen LogP contribution in [0, 0.1) is 0 Å². The quantitative estimate of drug-likeness (QED) is 0.445. The molecule has 14 heavy (non-hydrogen) atoms. The Labute approximate surface area is 88.1 Å². The van der Waals surface area contributed by atoms with E-state index in [4.69, 9.17) is 11.6 Å². The number of halogens is 3. The molecule has 0 fully saturated rings. The largest absolute Gasteiger partial charge is 0.281 e. The highest BCUT2D eigenvalue weighted by atomic mass is 35.5. The van der Waals surface area contributed by atoms with E-state index >= 15 is 0 Å². The predicted octanol–water partition coefficient (Wildman–Crippen LogP) is 4.26. The molecular weight excluding hydrogens is 210 g/mol. The van der Waals surface area contributed by atoms with Crippen LogP contribution in [-0.2, 0) is 4.79 Å². The van der Waals surface area contributed by atoms with Gasteiger partial charge in [-0.25, -0.2) is 0 Å². The fourth-order valence-corrected chi connectivity index (χ4v) is 1.28. The molecule has 0 aromatic carbocycles. The summed E-state index contributed by atoms with van der Waals surface area (Å²) in [5.41, 5.74) is 0. The molecule has 0 aliphatic carbocycles. The SMILES string of the molecule is O=C(Cl)CCCCCCCC=C(F)F. The van der Waals surface area contributed by atoms with Gasteiger partial charge in [0.05, 0.1) is 0 Å². The Morgan fingerprint density at radius 3 is 2.21 bits per heavy atom. The van der Waals surface area contributed by atoms with Gasteiger partial charge >= 0.3 is 0 Å². The Hall–Kier alpha value is -0.440. The molecule has 0 aromatic heterocycles. The van der Waals surface area contributed by atoms with Crippen LogP contribution in [0.15, 0.2) is 12.2 Å². The second-order valence-electron chi connectivity index (χ2n) is 3.16. The zero-order chi connectivity index (χ0) is 10.8. The molecule has 0 radical (unpaired) electrons. The normalized spacial score (nSPS) is 9.93. The van der Waals surface area contributed by atoms with Crippen molar-refractivity contribution in [3.05, 3.63) is 12.2 Å². The molecule has 0 unspecified atom stereocenters. The molecule has 0 spiro atoms. The molecule has 4 heteroatoms. The molecule has 0 bridgehead atoms. The lowest BCUT2D eigenvalue weighted by Crippen LogP contribution is -1.86. The van der Waals surface area contributed by atoms with Crippen LogP contribution in [0.3, 0.4) is 0 Å². The molecule has 0 rings (SSSR count). The van der Waals surface area contributed by atoms with Crippen molar-refractivity contribution < 1.29 is 13.6 Å². The van der Waals surface area contributed by atoms with E-state index in [1.54, 1.807) is 0 Å². The number of hydrogen-bond acceptors (Lipinski definition) is 1. The summed E-state index contributed by atoms with van der Waals surface area (Å²) in [6.07, 6.45) is 4.64. The molecule has 0 atom stereocenters. The third-order valence-electron chi connectivity index (χ3n) is 1.88. The van der Waals surface area contributed by atoms with E-state index < -0.39 is 6.08 Å². The molecule has 0 aliphatic rings. The first kappa shape index (κ1) is 13.6. The fourth-order valence-electron chi connectivity index (χ4n) is 1.15. The Morgan fingerprint density at radius 2 is 1.64 bits per heavy atom. The third kappa shape index (κ3) is 11.6. The van der Waals surface area contributed by atoms with Gasteiger partial charge in [-0.05, 0) is 36.9 Å². The number of unbranched alkanes of at least 4 members (excludes halogenated alkanes) is 5. The molecule has 0 N–H and O–H groups in total. The minimum absolute atomic E-state index is 0.299. The van der Waals surface area contributed by atoms with Crippen molar-refractivity contribution in [1.82, 2.24) is 0 Å². The average Bonchev–Trinajstić information content (AvgIpc) is 2.08. The molecule has 0 saturated heterocycles. The highest BCUT2D eigenvalue weighted by Crippen LogP contribution is 2.09. The highest BCUT2D eigenvalue weighted by Gasteiger charge is 1.95. The first-order valence-electron chi connectivity index (χ1n) is 4.82. The predicted molar refractivity (Wildman–Crippen MR) is 53.5 cm³/mol. The van der Waals surface area contributed by atoms with Gasteiger partial charge in [-0.15, -0.1) is 0 Å². The standard InChI is InChI=1S/C10H15ClF2O/c11-9(14)7-5-3-1-2-4-6-8-10(12)13/h8H,1-7H2. The Bertz CT molecular complexity index is 189. The first-order chi connectivity index (χ1) is 6.63. The van der Waals surface area contributed by atoms with Gasteiger partial charge in [0.2, 0.25) is 5.24 Å². The number of allylic oxidation sites excluding steroid dienone is 1. The fraction of sp³-hybridized carbons (Fsp3) is 0.700. The molecule has 0 amide bonds. The number of carbonyl (C=O) groups excluding carboxylic acids is 1. The number of carbonyl (C=O) groups is 1. The van der Waals surface area contributed by atoms with Gasteiger partial charge in [-0.1, -0.05) is 19.3 Å². The van der Waals surface area contributed by atoms with Crippen LogP contribution in [0.5, 0.6) is 0 Å². The third-order valence-corrected chi connectivity index (χ3v) is 2.07. The topological polar surface area (TPSA) is 17.1 Å². The van der Waals surface area contributed by atoms with Crippen LogP contribution >= 0.6 is 11.6 Å². The number of hydrogen-bond donors (Lipinski definition) is 0. The van der Waals surface area contributed by atoms with Gasteiger partial charge in [-0.3, -0.25) is 4.79 Å². The van der Waals surface area contributed by atoms with Gasteiger partial charge in [0, 0.05) is 6.42 Å². The molecule has 0 aliphatic heterocycles. The van der Waals surface area contributed by atoms with E-state index in [2.05, 4.69) is 0 Å². The van der Waals surface area contributed by atoms with Gasteiger partial charge in [0.1, 0.15) is 0 Å². The summed E-state index contributed by atoms with van der Waals surface area (Å²) in [6.45, 7) is 0. The minimum Gasteiger partial charge on any atom is -0.281 e. The van der Waals surface area contributed by atoms with Gasteiger partial charge in [-0.2, -0.15) is 8.78 Å². The smallest absolute Gasteiger partial charge is 0.266 e. The van der Waals surface area contributed by atoms with Crippen LogP contribution < -0.4 is 0 Å². The van der Waals surface area contributed by atoms with Gasteiger partial charge in [0.25, 0.3) is 6.08 Å². The van der Waals surface area contributed by atoms with Crippen molar-refractivity contribution in [2.75, 3.05) is 0 Å². The van der Waals surface area contributed by atoms with Crippen molar-refractivity contribution in [3.63, 3.8) is 0 Å². The van der Waals surface area contributed by atoms with E-state index in [0.29, 0.717) is 12.8 Å². The van der Waals surface area contributed by atoms with E-state index in [9.17, 15) is 13.6 Å². The Balaban J connectivity index is 3.07. The van der Waals surface area contributed by atoms with Crippen molar-refractivity contribution in [2.45, 2.75) is 44.9 Å². The maximum atomic E-state index is 11.6. The minimum atomic E-state index is -1.60. The number of rotatable bonds is 8. The lowest BCUT2D eigenvalue weighted by atomic mass is 10.1. The monoisotopic (exact) mass is 224 g/mol. The van der Waals surface area contributed by atoms with Crippen molar-refractivity contribution in [3.8, 4) is 0 Å². The summed E-state index contributed by atoms with van der Waals surface area (Å²) >= 11 is 5.15. The summed E-state index contributed by atoms with van der Waals surface area (Å²) in [5.74, 6) is 0. The van der Waals surface area contributed by atoms with E-state index in [-0.39, 0.29) is 5.24 Å². The second kappa shape index (κ2) is 9.13. The summed E-state index contributed by atoms with van der Waals surface area (Å²) in [4.78, 5) is 10.3. The molecular formula is C10H15ClF2O. The molecule has 82 valence electrons. The van der Waals surface area contributed by atoms with Crippen LogP contribution in [0.1, 0.15) is 44.9 Å². The second-order valence-corrected chi connectivity index (χ2v) is 3.58. The molecule has 0 saturated carbocycles. The average molecular weight is 225 g/mol. The maximum Gasteiger partial charge on any atom is 0.266 e. The lowest BCUT2D eigenvalue weighted by molar-refractivity contribution is -0.111. The highest BCUT2D eigenvalue weighted by molar-refractivity contribution is 6.63. The summed E-state index contributed by atoms with van der Waals surface area (Å²) in [5, 5.41) is -0.299. The first-order valence-corrected chi connectivity index (χ1v) is 5.20. The van der Waals surface area contributed by atoms with Crippen LogP contribution in [0.25, 0.3) is 0 Å². The molecule has 1 nitrogen and oxygen atoms in total. The maximum absolute atomic E-state index is 11.6. The molecule has 0 aromatic rings. The Morgan fingerprint density at radius 1 is 1.07 bits per heavy atom. The van der Waals surface area contributed by atoms with Crippen LogP contribution in [-0.4, -0.2) is 5.24 Å². The van der Waals surface area contributed by atoms with Gasteiger partial charge < -0.3 is 0 Å². The van der Waals surface area contributed by atoms with E-state index in [0.717, 1.165) is 38.2 Å². The van der Waals surface area contributed by atoms with E-state index in [1.165, 1.54) is 0 Å². The van der Waals surface area contributed by atoms with Crippen molar-refractivity contribution in [1.29, 1.82) is 0 Å². The zero-order valence-corrected chi connectivity index (χ0v) is 8.83.